The van der Waals surface area contributed by atoms with Crippen molar-refractivity contribution in [1.29, 1.82) is 5.41 Å². The molecule has 0 bridgehead atoms. The van der Waals surface area contributed by atoms with Gasteiger partial charge in [-0.15, -0.1) is 0 Å². The maximum absolute atomic E-state index is 7.52. The monoisotopic (exact) mass is 427 g/mol. The number of benzene rings is 2. The molecule has 0 spiro atoms. The number of nitrogens with one attached hydrogen (secondary N) is 2. The van der Waals surface area contributed by atoms with E-state index >= 15 is 0 Å². The fourth-order valence-corrected chi connectivity index (χ4v) is 4.54. The highest BCUT2D eigenvalue weighted by molar-refractivity contribution is 5.90. The molecule has 1 fully saturated rings. The zero-order valence-corrected chi connectivity index (χ0v) is 18.7. The van der Waals surface area contributed by atoms with E-state index in [-0.39, 0.29) is 5.96 Å². The zero-order chi connectivity index (χ0) is 22.2. The lowest BCUT2D eigenvalue weighted by Crippen LogP contribution is -2.20. The summed E-state index contributed by atoms with van der Waals surface area (Å²) in [5.41, 5.74) is 10.8. The van der Waals surface area contributed by atoms with Gasteiger partial charge in [0.15, 0.2) is 5.96 Å². The normalized spacial score (nSPS) is 14.6. The molecule has 1 saturated carbocycles. The summed E-state index contributed by atoms with van der Waals surface area (Å²) in [6.45, 7) is 0. The first kappa shape index (κ1) is 22.0. The molecule has 0 saturated heterocycles. The van der Waals surface area contributed by atoms with Crippen molar-refractivity contribution in [2.24, 2.45) is 5.73 Å². The largest absolute Gasteiger partial charge is 0.370 e. The molecule has 5 nitrogen and oxygen atoms in total. The summed E-state index contributed by atoms with van der Waals surface area (Å²) in [5, 5.41) is 10.4. The number of aromatic nitrogens is 2. The second-order valence-corrected chi connectivity index (χ2v) is 8.75. The third-order valence-electron chi connectivity index (χ3n) is 6.20. The van der Waals surface area contributed by atoms with Crippen molar-refractivity contribution in [3.05, 3.63) is 77.7 Å². The van der Waals surface area contributed by atoms with Crippen LogP contribution in [-0.4, -0.2) is 15.9 Å². The number of anilines is 1. The van der Waals surface area contributed by atoms with Gasteiger partial charge in [-0.3, -0.25) is 5.41 Å². The summed E-state index contributed by atoms with van der Waals surface area (Å²) in [6, 6.07) is 20.8. The molecule has 1 aliphatic rings. The van der Waals surface area contributed by atoms with E-state index < -0.39 is 0 Å². The molecule has 4 rings (SSSR count). The fourth-order valence-electron chi connectivity index (χ4n) is 4.54. The highest BCUT2D eigenvalue weighted by atomic mass is 15.0. The Balaban J connectivity index is 1.60. The lowest BCUT2D eigenvalue weighted by Gasteiger charge is -2.16. The Morgan fingerprint density at radius 3 is 2.44 bits per heavy atom. The van der Waals surface area contributed by atoms with Crippen LogP contribution >= 0.6 is 0 Å². The Labute approximate surface area is 191 Å². The zero-order valence-electron chi connectivity index (χ0n) is 18.7. The van der Waals surface area contributed by atoms with Gasteiger partial charge in [-0.25, -0.2) is 9.97 Å². The predicted molar refractivity (Wildman–Crippen MR) is 132 cm³/mol. The number of nitrogens with two attached hydrogens (primary N) is 1. The molecular weight excluding hydrogens is 394 g/mol. The summed E-state index contributed by atoms with van der Waals surface area (Å²) in [6.07, 6.45) is 10.6. The standard InChI is InChI=1S/C27H33N5/c28-27(29)31-23-17-9-15-22(18-23)25-19-24(16-8-12-20-10-4-3-5-11-20)30-26(32-25)21-13-6-1-2-7-14-21/h3-5,9-11,15,17-19,21H,1-2,6-8,12-14,16H2,(H4,28,29,31). The van der Waals surface area contributed by atoms with Crippen LogP contribution in [0.15, 0.2) is 60.7 Å². The molecule has 0 atom stereocenters. The van der Waals surface area contributed by atoms with Gasteiger partial charge < -0.3 is 11.1 Å². The second-order valence-electron chi connectivity index (χ2n) is 8.75. The summed E-state index contributed by atoms with van der Waals surface area (Å²) < 4.78 is 0. The Kier molecular flexibility index (Phi) is 7.49. The van der Waals surface area contributed by atoms with Crippen LogP contribution in [0.4, 0.5) is 5.69 Å². The van der Waals surface area contributed by atoms with Crippen molar-refractivity contribution >= 4 is 11.6 Å². The van der Waals surface area contributed by atoms with E-state index in [1.165, 1.54) is 44.1 Å². The van der Waals surface area contributed by atoms with Crippen LogP contribution in [0.1, 0.15) is 67.9 Å². The second kappa shape index (κ2) is 10.9. The molecule has 1 aliphatic carbocycles. The Bertz CT molecular complexity index is 1020. The molecule has 3 aromatic rings. The fraction of sp³-hybridized carbons (Fsp3) is 0.370. The summed E-state index contributed by atoms with van der Waals surface area (Å²) in [4.78, 5) is 10.1. The average molecular weight is 428 g/mol. The van der Waals surface area contributed by atoms with Crippen molar-refractivity contribution in [3.63, 3.8) is 0 Å². The third-order valence-corrected chi connectivity index (χ3v) is 6.20. The maximum atomic E-state index is 7.52. The van der Waals surface area contributed by atoms with E-state index in [0.29, 0.717) is 5.92 Å². The number of hydrogen-bond acceptors (Lipinski definition) is 3. The quantitative estimate of drug-likeness (QED) is 0.243. The minimum absolute atomic E-state index is 0.0643. The molecule has 4 N–H and O–H groups in total. The molecule has 0 aliphatic heterocycles. The van der Waals surface area contributed by atoms with Crippen molar-refractivity contribution in [3.8, 4) is 11.3 Å². The van der Waals surface area contributed by atoms with Gasteiger partial charge in [-0.05, 0) is 55.9 Å². The molecule has 166 valence electrons. The van der Waals surface area contributed by atoms with Crippen LogP contribution in [0.25, 0.3) is 11.3 Å². The van der Waals surface area contributed by atoms with Crippen molar-refractivity contribution in [2.45, 2.75) is 63.7 Å². The number of guanidine groups is 1. The van der Waals surface area contributed by atoms with Gasteiger partial charge in [0.2, 0.25) is 0 Å². The van der Waals surface area contributed by atoms with Gasteiger partial charge in [0, 0.05) is 22.9 Å². The van der Waals surface area contributed by atoms with Gasteiger partial charge in [0.05, 0.1) is 5.69 Å². The van der Waals surface area contributed by atoms with E-state index in [4.69, 9.17) is 21.1 Å². The SMILES string of the molecule is N=C(N)Nc1cccc(-c2cc(CCCc3ccccc3)nc(C3CCCCCC3)n2)c1. The van der Waals surface area contributed by atoms with Crippen molar-refractivity contribution < 1.29 is 0 Å². The molecular formula is C27H33N5. The van der Waals surface area contributed by atoms with Gasteiger partial charge >= 0.3 is 0 Å². The maximum Gasteiger partial charge on any atom is 0.190 e. The molecule has 5 heteroatoms. The number of hydrogen-bond donors (Lipinski definition) is 3. The molecule has 0 amide bonds. The van der Waals surface area contributed by atoms with Crippen LogP contribution in [0.3, 0.4) is 0 Å². The average Bonchev–Trinajstić information content (AvgIpc) is 3.09. The van der Waals surface area contributed by atoms with Crippen LogP contribution in [0.2, 0.25) is 0 Å². The molecule has 32 heavy (non-hydrogen) atoms. The minimum Gasteiger partial charge on any atom is -0.370 e. The van der Waals surface area contributed by atoms with E-state index in [2.05, 4.69) is 47.8 Å². The van der Waals surface area contributed by atoms with Gasteiger partial charge in [-0.1, -0.05) is 68.1 Å². The van der Waals surface area contributed by atoms with Crippen LogP contribution in [-0.2, 0) is 12.8 Å². The molecule has 2 aromatic carbocycles. The van der Waals surface area contributed by atoms with Crippen LogP contribution in [0, 0.1) is 5.41 Å². The number of aryl methyl sites for hydroxylation is 2. The molecule has 1 aromatic heterocycles. The van der Waals surface area contributed by atoms with E-state index in [9.17, 15) is 0 Å². The van der Waals surface area contributed by atoms with Crippen LogP contribution < -0.4 is 11.1 Å². The van der Waals surface area contributed by atoms with Gasteiger partial charge in [0.25, 0.3) is 0 Å². The van der Waals surface area contributed by atoms with Crippen LogP contribution in [0.5, 0.6) is 0 Å². The van der Waals surface area contributed by atoms with Gasteiger partial charge in [-0.2, -0.15) is 0 Å². The first-order chi connectivity index (χ1) is 15.7. The Morgan fingerprint density at radius 1 is 0.906 bits per heavy atom. The third kappa shape index (κ3) is 6.16. The van der Waals surface area contributed by atoms with Crippen molar-refractivity contribution in [2.75, 3.05) is 5.32 Å². The molecule has 0 radical (unpaired) electrons. The van der Waals surface area contributed by atoms with E-state index in [0.717, 1.165) is 47.7 Å². The predicted octanol–water partition coefficient (Wildman–Crippen LogP) is 6.06. The summed E-state index contributed by atoms with van der Waals surface area (Å²) in [7, 11) is 0. The molecule has 1 heterocycles. The van der Waals surface area contributed by atoms with Crippen molar-refractivity contribution in [1.82, 2.24) is 9.97 Å². The smallest absolute Gasteiger partial charge is 0.190 e. The molecule has 0 unspecified atom stereocenters. The number of rotatable bonds is 7. The first-order valence-corrected chi connectivity index (χ1v) is 11.8. The first-order valence-electron chi connectivity index (χ1n) is 11.8. The Morgan fingerprint density at radius 2 is 1.69 bits per heavy atom. The van der Waals surface area contributed by atoms with Gasteiger partial charge in [0.1, 0.15) is 5.82 Å². The highest BCUT2D eigenvalue weighted by Gasteiger charge is 2.19. The van der Waals surface area contributed by atoms with E-state index in [1.807, 2.05) is 18.2 Å². The summed E-state index contributed by atoms with van der Waals surface area (Å²) in [5.74, 6) is 1.39. The highest BCUT2D eigenvalue weighted by Crippen LogP contribution is 2.31. The lowest BCUT2D eigenvalue weighted by atomic mass is 9.98. The minimum atomic E-state index is -0.0643. The Hall–Kier alpha value is -3.21. The number of nitrogens with zero attached hydrogens (tertiary/aromatic N) is 2. The van der Waals surface area contributed by atoms with E-state index in [1.54, 1.807) is 0 Å². The topological polar surface area (TPSA) is 87.7 Å². The lowest BCUT2D eigenvalue weighted by molar-refractivity contribution is 0.557. The summed E-state index contributed by atoms with van der Waals surface area (Å²) >= 11 is 0.